The number of rotatable bonds is 1. The Balaban J connectivity index is 2.38. The fourth-order valence-corrected chi connectivity index (χ4v) is 1.92. The van der Waals surface area contributed by atoms with E-state index >= 15 is 0 Å². The molecule has 0 spiro atoms. The summed E-state index contributed by atoms with van der Waals surface area (Å²) in [5.74, 6) is -2.50. The highest BCUT2D eigenvalue weighted by molar-refractivity contribution is 6.18. The minimum atomic E-state index is -1.20. The van der Waals surface area contributed by atoms with Gasteiger partial charge in [0.1, 0.15) is 5.57 Å². The van der Waals surface area contributed by atoms with Crippen LogP contribution in [0.2, 0.25) is 0 Å². The minimum absolute atomic E-state index is 0.0775. The van der Waals surface area contributed by atoms with Gasteiger partial charge < -0.3 is 9.47 Å². The maximum Gasteiger partial charge on any atom is 0.348 e. The first kappa shape index (κ1) is 13.3. The number of benzene rings is 1. The summed E-state index contributed by atoms with van der Waals surface area (Å²) < 4.78 is 10.1. The fraction of sp³-hybridized carbons (Fsp3) is 0.333. The molecule has 0 aromatic heterocycles. The van der Waals surface area contributed by atoms with E-state index in [-0.39, 0.29) is 5.57 Å². The van der Waals surface area contributed by atoms with Crippen LogP contribution in [0.5, 0.6) is 0 Å². The smallest absolute Gasteiger partial charge is 0.348 e. The summed E-state index contributed by atoms with van der Waals surface area (Å²) in [6.07, 6.45) is 1.51. The monoisotopic (exact) mass is 260 g/mol. The third-order valence-electron chi connectivity index (χ3n) is 2.84. The summed E-state index contributed by atoms with van der Waals surface area (Å²) in [5.41, 5.74) is 2.83. The Kier molecular flexibility index (Phi) is 3.18. The fourth-order valence-electron chi connectivity index (χ4n) is 1.92. The third kappa shape index (κ3) is 2.84. The number of hydrogen-bond acceptors (Lipinski definition) is 4. The molecular formula is C15H16O4. The molecule has 1 fully saturated rings. The van der Waals surface area contributed by atoms with Gasteiger partial charge in [-0.15, -0.1) is 0 Å². The summed E-state index contributed by atoms with van der Waals surface area (Å²) >= 11 is 0. The molecule has 4 heteroatoms. The van der Waals surface area contributed by atoms with Crippen LogP contribution in [-0.4, -0.2) is 17.7 Å². The zero-order chi connectivity index (χ0) is 14.2. The van der Waals surface area contributed by atoms with Gasteiger partial charge in [-0.2, -0.15) is 0 Å². The lowest BCUT2D eigenvalue weighted by Crippen LogP contribution is -2.41. The molecule has 0 amide bonds. The van der Waals surface area contributed by atoms with Crippen LogP contribution in [0.3, 0.4) is 0 Å². The number of esters is 2. The highest BCUT2D eigenvalue weighted by atomic mass is 16.7. The number of hydrogen-bond donors (Lipinski definition) is 0. The molecule has 1 aliphatic heterocycles. The van der Waals surface area contributed by atoms with Gasteiger partial charge in [0, 0.05) is 13.8 Å². The first-order valence-corrected chi connectivity index (χ1v) is 6.04. The maximum absolute atomic E-state index is 11.8. The van der Waals surface area contributed by atoms with Gasteiger partial charge in [-0.25, -0.2) is 9.59 Å². The summed E-state index contributed by atoms with van der Waals surface area (Å²) in [7, 11) is 0. The summed E-state index contributed by atoms with van der Waals surface area (Å²) in [4.78, 5) is 23.6. The first-order chi connectivity index (χ1) is 8.78. The van der Waals surface area contributed by atoms with E-state index in [1.165, 1.54) is 19.9 Å². The summed E-state index contributed by atoms with van der Waals surface area (Å²) in [6, 6.07) is 5.76. The molecule has 0 aliphatic carbocycles. The molecule has 0 bridgehead atoms. The van der Waals surface area contributed by atoms with E-state index in [1.807, 2.05) is 32.0 Å². The van der Waals surface area contributed by atoms with Gasteiger partial charge >= 0.3 is 11.9 Å². The van der Waals surface area contributed by atoms with E-state index in [4.69, 9.17) is 9.47 Å². The Bertz CT molecular complexity index is 560. The van der Waals surface area contributed by atoms with Crippen molar-refractivity contribution in [3.63, 3.8) is 0 Å². The van der Waals surface area contributed by atoms with Gasteiger partial charge in [-0.05, 0) is 31.1 Å². The van der Waals surface area contributed by atoms with Gasteiger partial charge in [0.25, 0.3) is 5.79 Å². The van der Waals surface area contributed by atoms with Crippen LogP contribution in [0, 0.1) is 13.8 Å². The number of ether oxygens (including phenoxy) is 2. The maximum atomic E-state index is 11.8. The normalized spacial score (nSPS) is 17.8. The number of carbonyl (C=O) groups is 2. The van der Waals surface area contributed by atoms with Crippen molar-refractivity contribution in [1.29, 1.82) is 0 Å². The standard InChI is InChI=1S/C15H16O4/c1-9-5-6-11(10(2)7-9)8-12-13(16)18-15(3,4)19-14(12)17/h5-8H,1-4H3. The van der Waals surface area contributed by atoms with E-state index < -0.39 is 17.7 Å². The van der Waals surface area contributed by atoms with Gasteiger partial charge in [-0.1, -0.05) is 23.8 Å². The molecule has 19 heavy (non-hydrogen) atoms. The molecule has 4 nitrogen and oxygen atoms in total. The van der Waals surface area contributed by atoms with E-state index in [0.29, 0.717) is 0 Å². The minimum Gasteiger partial charge on any atom is -0.419 e. The number of carbonyl (C=O) groups excluding carboxylic acids is 2. The highest BCUT2D eigenvalue weighted by Gasteiger charge is 2.38. The number of aryl methyl sites for hydroxylation is 2. The van der Waals surface area contributed by atoms with Crippen molar-refractivity contribution >= 4 is 18.0 Å². The van der Waals surface area contributed by atoms with Crippen LogP contribution in [0.15, 0.2) is 23.8 Å². The Labute approximate surface area is 112 Å². The zero-order valence-corrected chi connectivity index (χ0v) is 11.4. The molecule has 0 unspecified atom stereocenters. The molecule has 1 saturated heterocycles. The molecule has 0 radical (unpaired) electrons. The molecule has 2 rings (SSSR count). The largest absolute Gasteiger partial charge is 0.419 e. The van der Waals surface area contributed by atoms with Gasteiger partial charge in [0.2, 0.25) is 0 Å². The van der Waals surface area contributed by atoms with Gasteiger partial charge in [0.15, 0.2) is 0 Å². The van der Waals surface area contributed by atoms with Crippen molar-refractivity contribution in [1.82, 2.24) is 0 Å². The van der Waals surface area contributed by atoms with E-state index in [1.54, 1.807) is 0 Å². The van der Waals surface area contributed by atoms with E-state index in [9.17, 15) is 9.59 Å². The lowest BCUT2D eigenvalue weighted by Gasteiger charge is -2.29. The third-order valence-corrected chi connectivity index (χ3v) is 2.84. The predicted octanol–water partition coefficient (Wildman–Crippen LogP) is 2.52. The molecule has 1 heterocycles. The number of cyclic esters (lactones) is 2. The lowest BCUT2D eigenvalue weighted by molar-refractivity contribution is -0.222. The summed E-state index contributed by atoms with van der Waals surface area (Å²) in [5, 5.41) is 0. The van der Waals surface area contributed by atoms with Crippen LogP contribution < -0.4 is 0 Å². The topological polar surface area (TPSA) is 52.6 Å². The second kappa shape index (κ2) is 4.53. The Morgan fingerprint density at radius 3 is 2.16 bits per heavy atom. The van der Waals surface area contributed by atoms with Crippen LogP contribution >= 0.6 is 0 Å². The predicted molar refractivity (Wildman–Crippen MR) is 70.2 cm³/mol. The van der Waals surface area contributed by atoms with Crippen molar-refractivity contribution in [2.24, 2.45) is 0 Å². The van der Waals surface area contributed by atoms with Crippen LogP contribution in [-0.2, 0) is 19.1 Å². The molecular weight excluding hydrogens is 244 g/mol. The highest BCUT2D eigenvalue weighted by Crippen LogP contribution is 2.25. The molecule has 1 aromatic rings. The molecule has 1 aliphatic rings. The zero-order valence-electron chi connectivity index (χ0n) is 11.4. The SMILES string of the molecule is Cc1ccc(C=C2C(=O)OC(C)(C)OC2=O)c(C)c1. The van der Waals surface area contributed by atoms with Crippen LogP contribution in [0.4, 0.5) is 0 Å². The lowest BCUT2D eigenvalue weighted by atomic mass is 10.0. The molecule has 1 aromatic carbocycles. The van der Waals surface area contributed by atoms with Gasteiger partial charge in [0.05, 0.1) is 0 Å². The molecule has 0 N–H and O–H groups in total. The summed E-state index contributed by atoms with van der Waals surface area (Å²) in [6.45, 7) is 6.95. The Hall–Kier alpha value is -2.10. The van der Waals surface area contributed by atoms with E-state index in [2.05, 4.69) is 0 Å². The molecule has 0 atom stereocenters. The van der Waals surface area contributed by atoms with Gasteiger partial charge in [-0.3, -0.25) is 0 Å². The van der Waals surface area contributed by atoms with Crippen molar-refractivity contribution in [3.8, 4) is 0 Å². The average Bonchev–Trinajstić information content (AvgIpc) is 2.24. The van der Waals surface area contributed by atoms with Crippen molar-refractivity contribution in [2.45, 2.75) is 33.5 Å². The quantitative estimate of drug-likeness (QED) is 0.442. The molecule has 100 valence electrons. The first-order valence-electron chi connectivity index (χ1n) is 6.04. The second-order valence-corrected chi connectivity index (χ2v) is 5.10. The second-order valence-electron chi connectivity index (χ2n) is 5.10. The Morgan fingerprint density at radius 1 is 1.05 bits per heavy atom. The molecule has 0 saturated carbocycles. The van der Waals surface area contributed by atoms with Crippen LogP contribution in [0.1, 0.15) is 30.5 Å². The van der Waals surface area contributed by atoms with Crippen LogP contribution in [0.25, 0.3) is 6.08 Å². The van der Waals surface area contributed by atoms with Crippen molar-refractivity contribution < 1.29 is 19.1 Å². The Morgan fingerprint density at radius 2 is 1.63 bits per heavy atom. The van der Waals surface area contributed by atoms with Crippen molar-refractivity contribution in [3.05, 3.63) is 40.5 Å². The average molecular weight is 260 g/mol. The van der Waals surface area contributed by atoms with Crippen molar-refractivity contribution in [2.75, 3.05) is 0 Å². The van der Waals surface area contributed by atoms with E-state index in [0.717, 1.165) is 16.7 Å².